The third kappa shape index (κ3) is 6.94. The highest BCUT2D eigenvalue weighted by atomic mass is 35.5. The zero-order chi connectivity index (χ0) is 24.5. The van der Waals surface area contributed by atoms with Crippen LogP contribution >= 0.6 is 35.0 Å². The summed E-state index contributed by atoms with van der Waals surface area (Å²) < 4.78 is 24.7. The molecule has 0 radical (unpaired) electrons. The van der Waals surface area contributed by atoms with Crippen LogP contribution in [0.15, 0.2) is 28.2 Å². The molecule has 2 rings (SSSR count). The fourth-order valence-corrected chi connectivity index (χ4v) is 4.41. The SMILES string of the molecule is CCCOC(=O)C1=C(C(=O)N(C(=O)CCl)c2cc(SCC(=O)OC)c(Cl)cc2F)CCCC1. The Morgan fingerprint density at radius 3 is 2.42 bits per heavy atom. The Morgan fingerprint density at radius 1 is 1.15 bits per heavy atom. The maximum absolute atomic E-state index is 14.9. The first-order valence-corrected chi connectivity index (χ1v) is 12.2. The fourth-order valence-electron chi connectivity index (χ4n) is 3.20. The van der Waals surface area contributed by atoms with Crippen molar-refractivity contribution in [3.05, 3.63) is 34.1 Å². The van der Waals surface area contributed by atoms with E-state index in [2.05, 4.69) is 4.74 Å². The van der Waals surface area contributed by atoms with Crippen LogP contribution in [0.5, 0.6) is 0 Å². The van der Waals surface area contributed by atoms with Crippen molar-refractivity contribution in [2.75, 3.05) is 30.2 Å². The molecule has 7 nitrogen and oxygen atoms in total. The number of carbonyl (C=O) groups excluding carboxylic acids is 4. The lowest BCUT2D eigenvalue weighted by atomic mass is 9.90. The first kappa shape index (κ1) is 27.1. The Kier molecular flexibility index (Phi) is 10.7. The molecule has 1 aliphatic rings. The van der Waals surface area contributed by atoms with E-state index in [4.69, 9.17) is 27.9 Å². The van der Waals surface area contributed by atoms with E-state index in [9.17, 15) is 23.6 Å². The van der Waals surface area contributed by atoms with Gasteiger partial charge in [-0.25, -0.2) is 14.1 Å². The van der Waals surface area contributed by atoms with Gasteiger partial charge in [0, 0.05) is 16.0 Å². The molecule has 0 bridgehead atoms. The van der Waals surface area contributed by atoms with Crippen LogP contribution in [0.2, 0.25) is 5.02 Å². The van der Waals surface area contributed by atoms with E-state index < -0.39 is 35.5 Å². The van der Waals surface area contributed by atoms with Crippen molar-refractivity contribution < 1.29 is 33.0 Å². The zero-order valence-corrected chi connectivity index (χ0v) is 20.6. The molecule has 0 unspecified atom stereocenters. The monoisotopic (exact) mass is 519 g/mol. The maximum Gasteiger partial charge on any atom is 0.334 e. The predicted molar refractivity (Wildman–Crippen MR) is 124 cm³/mol. The fraction of sp³-hybridized carbons (Fsp3) is 0.455. The average Bonchev–Trinajstić information content (AvgIpc) is 2.82. The van der Waals surface area contributed by atoms with Crippen molar-refractivity contribution in [3.8, 4) is 0 Å². The van der Waals surface area contributed by atoms with Gasteiger partial charge in [0.05, 0.1) is 30.2 Å². The van der Waals surface area contributed by atoms with Gasteiger partial charge in [-0.3, -0.25) is 14.4 Å². The lowest BCUT2D eigenvalue weighted by molar-refractivity contribution is -0.140. The molecule has 33 heavy (non-hydrogen) atoms. The second-order valence-electron chi connectivity index (χ2n) is 7.07. The van der Waals surface area contributed by atoms with E-state index in [1.807, 2.05) is 6.92 Å². The molecule has 1 aromatic carbocycles. The number of anilines is 1. The van der Waals surface area contributed by atoms with E-state index >= 15 is 0 Å². The molecule has 0 spiro atoms. The number of hydrogen-bond acceptors (Lipinski definition) is 7. The molecule has 0 saturated heterocycles. The van der Waals surface area contributed by atoms with Gasteiger partial charge in [-0.05, 0) is 44.2 Å². The van der Waals surface area contributed by atoms with E-state index in [1.165, 1.54) is 13.2 Å². The Labute approximate surface area is 205 Å². The Bertz CT molecular complexity index is 968. The number of thioether (sulfide) groups is 1. The van der Waals surface area contributed by atoms with Crippen molar-refractivity contribution in [2.24, 2.45) is 0 Å². The van der Waals surface area contributed by atoms with Crippen LogP contribution in [0, 0.1) is 5.82 Å². The quantitative estimate of drug-likeness (QED) is 0.266. The summed E-state index contributed by atoms with van der Waals surface area (Å²) in [6.45, 7) is 2.04. The molecule has 1 aliphatic carbocycles. The summed E-state index contributed by atoms with van der Waals surface area (Å²) in [5.74, 6) is -4.50. The van der Waals surface area contributed by atoms with Crippen molar-refractivity contribution in [2.45, 2.75) is 43.9 Å². The summed E-state index contributed by atoms with van der Waals surface area (Å²) in [5.41, 5.74) is -0.0950. The highest BCUT2D eigenvalue weighted by Gasteiger charge is 2.33. The summed E-state index contributed by atoms with van der Waals surface area (Å²) in [4.78, 5) is 51.0. The molecule has 0 aromatic heterocycles. The van der Waals surface area contributed by atoms with Crippen LogP contribution in [0.3, 0.4) is 0 Å². The van der Waals surface area contributed by atoms with Gasteiger partial charge in [0.1, 0.15) is 11.7 Å². The highest BCUT2D eigenvalue weighted by molar-refractivity contribution is 8.00. The van der Waals surface area contributed by atoms with Crippen LogP contribution in [-0.2, 0) is 28.7 Å². The molecule has 11 heteroatoms. The van der Waals surface area contributed by atoms with Crippen LogP contribution < -0.4 is 4.90 Å². The van der Waals surface area contributed by atoms with Crippen LogP contribution in [-0.4, -0.2) is 49.1 Å². The molecule has 1 aromatic rings. The third-order valence-corrected chi connectivity index (χ3v) is 6.47. The topological polar surface area (TPSA) is 90.0 Å². The number of amides is 2. The van der Waals surface area contributed by atoms with E-state index in [0.29, 0.717) is 30.6 Å². The minimum atomic E-state index is -0.930. The van der Waals surface area contributed by atoms with Crippen molar-refractivity contribution in [3.63, 3.8) is 0 Å². The van der Waals surface area contributed by atoms with Gasteiger partial charge in [0.2, 0.25) is 5.91 Å². The second kappa shape index (κ2) is 13.0. The lowest BCUT2D eigenvalue weighted by Crippen LogP contribution is -2.40. The number of benzene rings is 1. The number of rotatable bonds is 9. The number of hydrogen-bond donors (Lipinski definition) is 0. The maximum atomic E-state index is 14.9. The molecule has 2 amide bonds. The number of methoxy groups -OCH3 is 1. The minimum absolute atomic E-state index is 0.00316. The molecule has 0 heterocycles. The Balaban J connectivity index is 2.52. The third-order valence-electron chi connectivity index (χ3n) is 4.79. The normalized spacial score (nSPS) is 13.5. The zero-order valence-electron chi connectivity index (χ0n) is 18.3. The Hall–Kier alpha value is -2.10. The molecule has 0 N–H and O–H groups in total. The molecular weight excluding hydrogens is 496 g/mol. The smallest absolute Gasteiger partial charge is 0.334 e. The molecule has 0 atom stereocenters. The predicted octanol–water partition coefficient (Wildman–Crippen LogP) is 4.67. The molecular formula is C22H24Cl2FNO6S. The number of halogens is 3. The summed E-state index contributed by atoms with van der Waals surface area (Å²) >= 11 is 12.8. The largest absolute Gasteiger partial charge is 0.468 e. The summed E-state index contributed by atoms with van der Waals surface area (Å²) in [6.07, 6.45) is 2.47. The van der Waals surface area contributed by atoms with Crippen LogP contribution in [0.1, 0.15) is 39.0 Å². The van der Waals surface area contributed by atoms with Crippen molar-refractivity contribution >= 4 is 64.4 Å². The summed E-state index contributed by atoms with van der Waals surface area (Å²) in [7, 11) is 1.22. The molecule has 0 saturated carbocycles. The minimum Gasteiger partial charge on any atom is -0.468 e. The average molecular weight is 520 g/mol. The van der Waals surface area contributed by atoms with Crippen LogP contribution in [0.4, 0.5) is 10.1 Å². The lowest BCUT2D eigenvalue weighted by Gasteiger charge is -2.26. The number of alkyl halides is 1. The van der Waals surface area contributed by atoms with Gasteiger partial charge in [0.25, 0.3) is 5.91 Å². The van der Waals surface area contributed by atoms with Gasteiger partial charge in [-0.15, -0.1) is 23.4 Å². The van der Waals surface area contributed by atoms with Gasteiger partial charge in [-0.1, -0.05) is 18.5 Å². The van der Waals surface area contributed by atoms with E-state index in [0.717, 1.165) is 17.8 Å². The molecule has 0 fully saturated rings. The Morgan fingerprint density at radius 2 is 1.82 bits per heavy atom. The number of carbonyl (C=O) groups is 4. The number of ether oxygens (including phenoxy) is 2. The van der Waals surface area contributed by atoms with E-state index in [-0.39, 0.29) is 45.5 Å². The van der Waals surface area contributed by atoms with E-state index in [1.54, 1.807) is 0 Å². The molecule has 180 valence electrons. The number of imide groups is 1. The van der Waals surface area contributed by atoms with Crippen LogP contribution in [0.25, 0.3) is 0 Å². The van der Waals surface area contributed by atoms with Gasteiger partial charge >= 0.3 is 11.9 Å². The standard InChI is InChI=1S/C22H24Cl2FNO6S/c1-3-8-32-22(30)14-7-5-4-6-13(14)21(29)26(19(27)11-23)17-10-18(15(24)9-16(17)25)33-12-20(28)31-2/h9-10H,3-8,11-12H2,1-2H3. The van der Waals surface area contributed by atoms with Crippen molar-refractivity contribution in [1.29, 1.82) is 0 Å². The van der Waals surface area contributed by atoms with Gasteiger partial charge < -0.3 is 9.47 Å². The summed E-state index contributed by atoms with van der Waals surface area (Å²) in [5, 5.41) is -0.00316. The van der Waals surface area contributed by atoms with Gasteiger partial charge in [0.15, 0.2) is 0 Å². The number of nitrogens with zero attached hydrogens (tertiary/aromatic N) is 1. The van der Waals surface area contributed by atoms with Gasteiger partial charge in [-0.2, -0.15) is 0 Å². The summed E-state index contributed by atoms with van der Waals surface area (Å²) in [6, 6.07) is 2.15. The number of esters is 2. The first-order valence-electron chi connectivity index (χ1n) is 10.3. The van der Waals surface area contributed by atoms with Crippen molar-refractivity contribution in [1.82, 2.24) is 0 Å². The highest BCUT2D eigenvalue weighted by Crippen LogP contribution is 2.36. The first-order chi connectivity index (χ1) is 15.7. The molecule has 0 aliphatic heterocycles. The second-order valence-corrected chi connectivity index (χ2v) is 8.76.